The summed E-state index contributed by atoms with van der Waals surface area (Å²) in [4.78, 5) is 6.79. The van der Waals surface area contributed by atoms with Crippen LogP contribution in [0.1, 0.15) is 25.0 Å². The number of H-pyrrole nitrogens is 1. The summed E-state index contributed by atoms with van der Waals surface area (Å²) in [6, 6.07) is 0.398. The monoisotopic (exact) mass is 254 g/mol. The predicted molar refractivity (Wildman–Crippen MR) is 67.2 cm³/mol. The van der Waals surface area contributed by atoms with Gasteiger partial charge in [0.1, 0.15) is 11.6 Å². The molecule has 2 heterocycles. The lowest BCUT2D eigenvalue weighted by atomic mass is 10.2. The van der Waals surface area contributed by atoms with E-state index in [0.717, 1.165) is 44.2 Å². The average Bonchev–Trinajstić information content (AvgIpc) is 2.98. The second-order valence-electron chi connectivity index (χ2n) is 4.68. The van der Waals surface area contributed by atoms with Crippen LogP contribution in [0, 0.1) is 0 Å². The lowest BCUT2D eigenvalue weighted by Crippen LogP contribution is -2.33. The second kappa shape index (κ2) is 6.26. The largest absolute Gasteiger partial charge is 0.383 e. The average molecular weight is 254 g/mol. The van der Waals surface area contributed by atoms with Gasteiger partial charge in [0.05, 0.1) is 19.3 Å². The molecule has 0 amide bonds. The lowest BCUT2D eigenvalue weighted by molar-refractivity contribution is 0.105. The molecule has 6 heteroatoms. The Morgan fingerprint density at radius 2 is 2.28 bits per heavy atom. The van der Waals surface area contributed by atoms with Gasteiger partial charge >= 0.3 is 0 Å². The second-order valence-corrected chi connectivity index (χ2v) is 4.68. The molecule has 1 N–H and O–H groups in total. The summed E-state index contributed by atoms with van der Waals surface area (Å²) in [6.07, 6.45) is 2.16. The summed E-state index contributed by atoms with van der Waals surface area (Å²) in [5.74, 6) is 1.79. The first-order chi connectivity index (χ1) is 8.76. The number of hydrogen-bond donors (Lipinski definition) is 1. The summed E-state index contributed by atoms with van der Waals surface area (Å²) in [6.45, 7) is 4.49. The molecule has 0 radical (unpaired) electrons. The summed E-state index contributed by atoms with van der Waals surface area (Å²) in [5.41, 5.74) is 0. The molecule has 0 spiro atoms. The fourth-order valence-electron chi connectivity index (χ4n) is 2.42. The summed E-state index contributed by atoms with van der Waals surface area (Å²) in [5, 5.41) is 7.16. The highest BCUT2D eigenvalue weighted by Crippen LogP contribution is 2.21. The highest BCUT2D eigenvalue weighted by atomic mass is 16.5. The van der Waals surface area contributed by atoms with E-state index >= 15 is 0 Å². The van der Waals surface area contributed by atoms with Crippen molar-refractivity contribution in [1.82, 2.24) is 20.1 Å². The first kappa shape index (κ1) is 13.5. The zero-order valence-electron chi connectivity index (χ0n) is 11.3. The van der Waals surface area contributed by atoms with Crippen molar-refractivity contribution in [3.63, 3.8) is 0 Å². The predicted octanol–water partition coefficient (Wildman–Crippen LogP) is 0.603. The van der Waals surface area contributed by atoms with E-state index in [-0.39, 0.29) is 0 Å². The molecule has 1 aliphatic rings. The maximum absolute atomic E-state index is 5.44. The van der Waals surface area contributed by atoms with Crippen molar-refractivity contribution in [1.29, 1.82) is 0 Å². The Morgan fingerprint density at radius 1 is 1.44 bits per heavy atom. The number of nitrogens with one attached hydrogen (secondary N) is 1. The molecule has 0 aliphatic carbocycles. The van der Waals surface area contributed by atoms with E-state index in [1.165, 1.54) is 0 Å². The van der Waals surface area contributed by atoms with Crippen LogP contribution in [0.15, 0.2) is 0 Å². The topological polar surface area (TPSA) is 63.3 Å². The maximum atomic E-state index is 5.44. The SMILES string of the molecule is CCc1n[nH]c(CN2C[C@@H](OC)C[C@H]2COC)n1. The molecule has 6 nitrogen and oxygen atoms in total. The van der Waals surface area contributed by atoms with Crippen molar-refractivity contribution in [3.8, 4) is 0 Å². The Hall–Kier alpha value is -0.980. The van der Waals surface area contributed by atoms with E-state index < -0.39 is 0 Å². The third-order valence-electron chi connectivity index (χ3n) is 3.43. The van der Waals surface area contributed by atoms with Crippen LogP contribution in [-0.2, 0) is 22.4 Å². The number of aromatic nitrogens is 3. The Morgan fingerprint density at radius 3 is 2.89 bits per heavy atom. The molecule has 2 atom stereocenters. The minimum Gasteiger partial charge on any atom is -0.383 e. The highest BCUT2D eigenvalue weighted by Gasteiger charge is 2.32. The molecule has 0 bridgehead atoms. The van der Waals surface area contributed by atoms with Gasteiger partial charge in [0, 0.05) is 33.2 Å². The molecule has 1 aromatic heterocycles. The normalized spacial score (nSPS) is 24.8. The van der Waals surface area contributed by atoms with Crippen LogP contribution < -0.4 is 0 Å². The van der Waals surface area contributed by atoms with Crippen molar-refractivity contribution in [2.24, 2.45) is 0 Å². The van der Waals surface area contributed by atoms with Gasteiger partial charge in [-0.1, -0.05) is 6.92 Å². The molecular weight excluding hydrogens is 232 g/mol. The molecule has 102 valence electrons. The van der Waals surface area contributed by atoms with Crippen molar-refractivity contribution in [3.05, 3.63) is 11.6 Å². The summed E-state index contributed by atoms with van der Waals surface area (Å²) in [7, 11) is 3.50. The number of aryl methyl sites for hydroxylation is 1. The first-order valence-electron chi connectivity index (χ1n) is 6.42. The van der Waals surface area contributed by atoms with Crippen molar-refractivity contribution in [2.75, 3.05) is 27.4 Å². The lowest BCUT2D eigenvalue weighted by Gasteiger charge is -2.21. The van der Waals surface area contributed by atoms with Crippen molar-refractivity contribution in [2.45, 2.75) is 38.5 Å². The van der Waals surface area contributed by atoms with E-state index in [9.17, 15) is 0 Å². The fourth-order valence-corrected chi connectivity index (χ4v) is 2.42. The Labute approximate surface area is 108 Å². The smallest absolute Gasteiger partial charge is 0.150 e. The molecule has 0 aromatic carbocycles. The van der Waals surface area contributed by atoms with Gasteiger partial charge in [-0.05, 0) is 6.42 Å². The van der Waals surface area contributed by atoms with Crippen LogP contribution >= 0.6 is 0 Å². The van der Waals surface area contributed by atoms with E-state index in [1.54, 1.807) is 14.2 Å². The molecule has 0 unspecified atom stereocenters. The zero-order chi connectivity index (χ0) is 13.0. The van der Waals surface area contributed by atoms with Crippen LogP contribution in [0.3, 0.4) is 0 Å². The molecule has 18 heavy (non-hydrogen) atoms. The zero-order valence-corrected chi connectivity index (χ0v) is 11.3. The molecule has 1 aliphatic heterocycles. The van der Waals surface area contributed by atoms with Gasteiger partial charge in [-0.15, -0.1) is 0 Å². The molecule has 2 rings (SSSR count). The van der Waals surface area contributed by atoms with Gasteiger partial charge in [-0.3, -0.25) is 10.00 Å². The molecule has 1 fully saturated rings. The minimum atomic E-state index is 0.290. The maximum Gasteiger partial charge on any atom is 0.150 e. The summed E-state index contributed by atoms with van der Waals surface area (Å²) >= 11 is 0. The van der Waals surface area contributed by atoms with Crippen LogP contribution in [0.5, 0.6) is 0 Å². The van der Waals surface area contributed by atoms with Gasteiger partial charge < -0.3 is 9.47 Å². The standard InChI is InChI=1S/C12H22N4O2/c1-4-11-13-12(15-14-11)7-16-6-10(18-3)5-9(16)8-17-2/h9-10H,4-8H2,1-3H3,(H,13,14,15)/t9-,10-/m0/s1. The Balaban J connectivity index is 1.97. The molecular formula is C12H22N4O2. The number of hydrogen-bond acceptors (Lipinski definition) is 5. The van der Waals surface area contributed by atoms with E-state index in [0.29, 0.717) is 12.1 Å². The minimum absolute atomic E-state index is 0.290. The molecule has 0 saturated carbocycles. The van der Waals surface area contributed by atoms with Crippen LogP contribution in [-0.4, -0.2) is 59.6 Å². The Kier molecular flexibility index (Phi) is 4.68. The third kappa shape index (κ3) is 3.07. The Bertz CT molecular complexity index is 369. The van der Waals surface area contributed by atoms with Crippen LogP contribution in [0.2, 0.25) is 0 Å². The molecule has 1 aromatic rings. The van der Waals surface area contributed by atoms with E-state index in [4.69, 9.17) is 9.47 Å². The molecule has 1 saturated heterocycles. The number of aromatic amines is 1. The first-order valence-corrected chi connectivity index (χ1v) is 6.42. The van der Waals surface area contributed by atoms with Gasteiger partial charge in [0.2, 0.25) is 0 Å². The summed E-state index contributed by atoms with van der Waals surface area (Å²) < 4.78 is 10.7. The van der Waals surface area contributed by atoms with Crippen LogP contribution in [0.4, 0.5) is 0 Å². The number of rotatable bonds is 6. The van der Waals surface area contributed by atoms with Gasteiger partial charge in [0.15, 0.2) is 0 Å². The van der Waals surface area contributed by atoms with Gasteiger partial charge in [-0.25, -0.2) is 4.98 Å². The number of methoxy groups -OCH3 is 2. The quantitative estimate of drug-likeness (QED) is 0.805. The van der Waals surface area contributed by atoms with E-state index in [2.05, 4.69) is 27.0 Å². The number of nitrogens with zero attached hydrogens (tertiary/aromatic N) is 3. The fraction of sp³-hybridized carbons (Fsp3) is 0.833. The van der Waals surface area contributed by atoms with Crippen molar-refractivity contribution >= 4 is 0 Å². The van der Waals surface area contributed by atoms with Crippen LogP contribution in [0.25, 0.3) is 0 Å². The third-order valence-corrected chi connectivity index (χ3v) is 3.43. The van der Waals surface area contributed by atoms with Crippen molar-refractivity contribution < 1.29 is 9.47 Å². The number of ether oxygens (including phenoxy) is 2. The van der Waals surface area contributed by atoms with Gasteiger partial charge in [-0.2, -0.15) is 5.10 Å². The van der Waals surface area contributed by atoms with E-state index in [1.807, 2.05) is 0 Å². The highest BCUT2D eigenvalue weighted by molar-refractivity contribution is 4.94. The van der Waals surface area contributed by atoms with Gasteiger partial charge in [0.25, 0.3) is 0 Å². The number of likely N-dealkylation sites (tertiary alicyclic amines) is 1.